The molecular weight excluding hydrogens is 279 g/mol. The minimum atomic E-state index is -1.58. The molecule has 0 unspecified atom stereocenters. The number of rotatable bonds is 3. The van der Waals surface area contributed by atoms with Crippen molar-refractivity contribution in [2.75, 3.05) is 14.1 Å². The predicted octanol–water partition coefficient (Wildman–Crippen LogP) is 3.80. The van der Waals surface area contributed by atoms with Gasteiger partial charge in [0.1, 0.15) is 0 Å². The van der Waals surface area contributed by atoms with Crippen LogP contribution < -0.4 is 0 Å². The molecule has 116 valence electrons. The number of benzene rings is 1. The molecule has 1 aliphatic rings. The number of carbonyl (C=O) groups excluding carboxylic acids is 1. The Hall–Kier alpha value is -1.36. The van der Waals surface area contributed by atoms with Crippen LogP contribution in [0.2, 0.25) is 0 Å². The van der Waals surface area contributed by atoms with Crippen molar-refractivity contribution in [1.82, 2.24) is 4.90 Å². The fourth-order valence-corrected chi connectivity index (χ4v) is 3.07. The molecule has 1 saturated carbocycles. The van der Waals surface area contributed by atoms with Crippen molar-refractivity contribution in [3.8, 4) is 0 Å². The zero-order chi connectivity index (χ0) is 15.8. The Labute approximate surface area is 122 Å². The minimum absolute atomic E-state index is 0.364. The van der Waals surface area contributed by atoms with Crippen LogP contribution in [0.1, 0.15) is 43.0 Å². The first-order chi connectivity index (χ1) is 9.79. The fraction of sp³-hybridized carbons (Fsp3) is 0.562. The Morgan fingerprint density at radius 1 is 1.14 bits per heavy atom. The largest absolute Gasteiger partial charge is 0.297 e. The first-order valence-corrected chi connectivity index (χ1v) is 7.15. The molecule has 1 aromatic carbocycles. The van der Waals surface area contributed by atoms with E-state index in [0.29, 0.717) is 18.8 Å². The summed E-state index contributed by atoms with van der Waals surface area (Å²) in [5.74, 6) is -4.20. The molecule has 2 rings (SSSR count). The third-order valence-electron chi connectivity index (χ3n) is 4.66. The van der Waals surface area contributed by atoms with Crippen LogP contribution in [0.4, 0.5) is 13.2 Å². The Kier molecular flexibility index (Phi) is 4.42. The van der Waals surface area contributed by atoms with Gasteiger partial charge in [-0.15, -0.1) is 0 Å². The van der Waals surface area contributed by atoms with Gasteiger partial charge >= 0.3 is 0 Å². The summed E-state index contributed by atoms with van der Waals surface area (Å²) in [6, 6.07) is 1.85. The second-order valence-corrected chi connectivity index (χ2v) is 6.16. The molecule has 1 fully saturated rings. The summed E-state index contributed by atoms with van der Waals surface area (Å²) in [5, 5.41) is 0. The van der Waals surface area contributed by atoms with Gasteiger partial charge < -0.3 is 0 Å². The number of hydrogen-bond acceptors (Lipinski definition) is 2. The van der Waals surface area contributed by atoms with Crippen LogP contribution in [0.15, 0.2) is 12.1 Å². The average molecular weight is 299 g/mol. The van der Waals surface area contributed by atoms with Gasteiger partial charge in [-0.1, -0.05) is 6.92 Å². The third-order valence-corrected chi connectivity index (χ3v) is 4.66. The maximum absolute atomic E-state index is 13.9. The molecule has 0 bridgehead atoms. The lowest BCUT2D eigenvalue weighted by Crippen LogP contribution is -2.53. The van der Waals surface area contributed by atoms with Crippen molar-refractivity contribution in [2.24, 2.45) is 5.92 Å². The Morgan fingerprint density at radius 3 is 2.24 bits per heavy atom. The first kappa shape index (κ1) is 16.0. The summed E-state index contributed by atoms with van der Waals surface area (Å²) in [6.07, 6.45) is 2.90. The Morgan fingerprint density at radius 2 is 1.71 bits per heavy atom. The zero-order valence-corrected chi connectivity index (χ0v) is 12.5. The second-order valence-electron chi connectivity index (χ2n) is 6.16. The summed E-state index contributed by atoms with van der Waals surface area (Å²) in [4.78, 5) is 14.6. The normalized spacial score (nSPS) is 26.1. The van der Waals surface area contributed by atoms with Gasteiger partial charge in [0.05, 0.1) is 11.1 Å². The van der Waals surface area contributed by atoms with Gasteiger partial charge in [0, 0.05) is 0 Å². The minimum Gasteiger partial charge on any atom is -0.297 e. The van der Waals surface area contributed by atoms with E-state index in [1.54, 1.807) is 19.0 Å². The van der Waals surface area contributed by atoms with E-state index < -0.39 is 28.8 Å². The highest BCUT2D eigenvalue weighted by Crippen LogP contribution is 2.38. The molecule has 0 radical (unpaired) electrons. The van der Waals surface area contributed by atoms with Crippen molar-refractivity contribution in [3.63, 3.8) is 0 Å². The predicted molar refractivity (Wildman–Crippen MR) is 74.7 cm³/mol. The molecule has 2 nitrogen and oxygen atoms in total. The maximum Gasteiger partial charge on any atom is 0.195 e. The lowest BCUT2D eigenvalue weighted by atomic mass is 9.72. The summed E-state index contributed by atoms with van der Waals surface area (Å²) < 4.78 is 40.3. The van der Waals surface area contributed by atoms with E-state index in [2.05, 4.69) is 6.92 Å². The lowest BCUT2D eigenvalue weighted by Gasteiger charge is -2.43. The van der Waals surface area contributed by atoms with Crippen LogP contribution >= 0.6 is 0 Å². The van der Waals surface area contributed by atoms with Crippen LogP contribution in [0.5, 0.6) is 0 Å². The number of Topliss-reactive ketones (excluding diaryl/α,β-unsaturated/α-hetero) is 1. The summed E-state index contributed by atoms with van der Waals surface area (Å²) in [7, 11) is 3.54. The molecule has 21 heavy (non-hydrogen) atoms. The van der Waals surface area contributed by atoms with E-state index in [1.807, 2.05) is 0 Å². The quantitative estimate of drug-likeness (QED) is 0.625. The van der Waals surface area contributed by atoms with E-state index in [-0.39, 0.29) is 5.56 Å². The van der Waals surface area contributed by atoms with E-state index in [9.17, 15) is 18.0 Å². The number of halogens is 3. The number of hydrogen-bond donors (Lipinski definition) is 0. The van der Waals surface area contributed by atoms with Gasteiger partial charge in [0.2, 0.25) is 0 Å². The molecule has 0 saturated heterocycles. The van der Waals surface area contributed by atoms with Crippen molar-refractivity contribution >= 4 is 5.78 Å². The van der Waals surface area contributed by atoms with Gasteiger partial charge in [-0.2, -0.15) is 0 Å². The summed E-state index contributed by atoms with van der Waals surface area (Å²) in [5.41, 5.74) is -1.20. The van der Waals surface area contributed by atoms with E-state index in [0.717, 1.165) is 25.0 Å². The molecule has 5 heteroatoms. The third kappa shape index (κ3) is 2.71. The SMILES string of the molecule is CC1CCC(C(=O)c2ccc(F)c(F)c2F)(N(C)C)CC1. The number of carbonyl (C=O) groups is 1. The van der Waals surface area contributed by atoms with Crippen molar-refractivity contribution in [1.29, 1.82) is 0 Å². The molecular formula is C16H20F3NO. The average Bonchev–Trinajstić information content (AvgIpc) is 2.45. The smallest absolute Gasteiger partial charge is 0.195 e. The molecule has 1 aromatic rings. The summed E-state index contributed by atoms with van der Waals surface area (Å²) in [6.45, 7) is 2.11. The zero-order valence-electron chi connectivity index (χ0n) is 12.5. The van der Waals surface area contributed by atoms with Gasteiger partial charge in [0.25, 0.3) is 0 Å². The molecule has 0 heterocycles. The first-order valence-electron chi connectivity index (χ1n) is 7.15. The summed E-state index contributed by atoms with van der Waals surface area (Å²) >= 11 is 0. The van der Waals surface area contributed by atoms with Crippen LogP contribution in [0.3, 0.4) is 0 Å². The highest BCUT2D eigenvalue weighted by Gasteiger charge is 2.44. The number of ketones is 1. The van der Waals surface area contributed by atoms with E-state index in [1.165, 1.54) is 0 Å². The van der Waals surface area contributed by atoms with Crippen LogP contribution in [-0.4, -0.2) is 30.3 Å². The fourth-order valence-electron chi connectivity index (χ4n) is 3.07. The molecule has 0 aromatic heterocycles. The van der Waals surface area contributed by atoms with Crippen molar-refractivity contribution < 1.29 is 18.0 Å². The maximum atomic E-state index is 13.9. The van der Waals surface area contributed by atoms with Crippen LogP contribution in [0, 0.1) is 23.4 Å². The van der Waals surface area contributed by atoms with Crippen molar-refractivity contribution in [3.05, 3.63) is 35.1 Å². The molecule has 0 spiro atoms. The molecule has 0 aliphatic heterocycles. The van der Waals surface area contributed by atoms with Crippen LogP contribution in [-0.2, 0) is 0 Å². The van der Waals surface area contributed by atoms with E-state index >= 15 is 0 Å². The number of nitrogens with zero attached hydrogens (tertiary/aromatic N) is 1. The van der Waals surface area contributed by atoms with Gasteiger partial charge in [-0.05, 0) is 57.8 Å². The lowest BCUT2D eigenvalue weighted by molar-refractivity contribution is 0.0508. The van der Waals surface area contributed by atoms with Gasteiger partial charge in [-0.25, -0.2) is 13.2 Å². The van der Waals surface area contributed by atoms with Crippen molar-refractivity contribution in [2.45, 2.75) is 38.1 Å². The Bertz CT molecular complexity index is 549. The Balaban J connectivity index is 2.43. The monoisotopic (exact) mass is 299 g/mol. The number of likely N-dealkylation sites (N-methyl/N-ethyl adjacent to an activating group) is 1. The van der Waals surface area contributed by atoms with Crippen LogP contribution in [0.25, 0.3) is 0 Å². The molecule has 0 N–H and O–H groups in total. The van der Waals surface area contributed by atoms with E-state index in [4.69, 9.17) is 0 Å². The molecule has 0 atom stereocenters. The molecule has 0 amide bonds. The van der Waals surface area contributed by atoms with Gasteiger partial charge in [-0.3, -0.25) is 9.69 Å². The second kappa shape index (κ2) is 5.79. The topological polar surface area (TPSA) is 20.3 Å². The highest BCUT2D eigenvalue weighted by molar-refractivity contribution is 6.03. The highest BCUT2D eigenvalue weighted by atomic mass is 19.2. The standard InChI is InChI=1S/C16H20F3NO/c1-10-6-8-16(9-7-10,20(2)3)15(21)11-4-5-12(17)14(19)13(11)18/h4-5,10H,6-9H2,1-3H3. The van der Waals surface area contributed by atoms with Gasteiger partial charge in [0.15, 0.2) is 23.2 Å². The molecule has 1 aliphatic carbocycles.